The Morgan fingerprint density at radius 1 is 0.875 bits per heavy atom. The Labute approximate surface area is 274 Å². The highest BCUT2D eigenvalue weighted by Gasteiger charge is 2.46. The summed E-state index contributed by atoms with van der Waals surface area (Å²) >= 11 is 0. The summed E-state index contributed by atoms with van der Waals surface area (Å²) in [6.45, 7) is 4.40. The highest BCUT2D eigenvalue weighted by atomic mass is 16.7. The average Bonchev–Trinajstić information content (AvgIpc) is 3.06. The Balaban J connectivity index is 1.71. The number of aliphatic hydroxyl groups excluding tert-OH is 7. The van der Waals surface area contributed by atoms with Crippen molar-refractivity contribution >= 4 is 11.0 Å². The van der Waals surface area contributed by atoms with Crippen LogP contribution in [0.25, 0.3) is 22.3 Å². The van der Waals surface area contributed by atoms with Crippen LogP contribution in [0.1, 0.15) is 26.3 Å². The molecular weight excluding hydrogens is 636 g/mol. The lowest BCUT2D eigenvalue weighted by atomic mass is 9.99. The van der Waals surface area contributed by atoms with Crippen LogP contribution in [-0.4, -0.2) is 116 Å². The van der Waals surface area contributed by atoms with Crippen molar-refractivity contribution < 1.29 is 69.0 Å². The van der Waals surface area contributed by atoms with Crippen molar-refractivity contribution in [2.75, 3.05) is 13.7 Å². The van der Waals surface area contributed by atoms with Crippen LogP contribution in [0.3, 0.4) is 0 Å². The number of ether oxygens (including phenoxy) is 5. The molecule has 1 aromatic heterocycles. The lowest BCUT2D eigenvalue weighted by Crippen LogP contribution is -2.60. The highest BCUT2D eigenvalue weighted by molar-refractivity contribution is 5.91. The molecule has 2 saturated heterocycles. The van der Waals surface area contributed by atoms with Gasteiger partial charge >= 0.3 is 0 Å². The fourth-order valence-electron chi connectivity index (χ4n) is 5.52. The summed E-state index contributed by atoms with van der Waals surface area (Å²) in [7, 11) is 1.47. The van der Waals surface area contributed by atoms with E-state index in [1.807, 2.05) is 13.8 Å². The lowest BCUT2D eigenvalue weighted by molar-refractivity contribution is -0.277. The molecule has 0 amide bonds. The van der Waals surface area contributed by atoms with Gasteiger partial charge in [-0.2, -0.15) is 0 Å². The fraction of sp³-hybridized carbons (Fsp3) is 0.485. The third-order valence-electron chi connectivity index (χ3n) is 8.37. The van der Waals surface area contributed by atoms with Crippen molar-refractivity contribution in [3.8, 4) is 34.3 Å². The first kappa shape index (κ1) is 35.5. The van der Waals surface area contributed by atoms with E-state index < -0.39 is 84.9 Å². The molecule has 8 N–H and O–H groups in total. The summed E-state index contributed by atoms with van der Waals surface area (Å²) < 4.78 is 34.5. The van der Waals surface area contributed by atoms with Gasteiger partial charge in [0, 0.05) is 17.2 Å². The molecule has 0 radical (unpaired) electrons. The standard InChI is InChI=1S/C33H40O15/c1-13(2)5-10-17-19(45-33-28(42)26(40)23(37)20(12-34)46-33)11-18(35)21-24(38)31(48-32-27(41)25(39)22(36)14(3)44-32)29(47-30(17)21)15-6-8-16(43-4)9-7-15/h5-9,11,14,20,22-23,25-28,32-37,39-42H,10,12H2,1-4H3/t14-,20+,22-,23+,25+,26-,27+,28+,32-,33+/m1/s1. The summed E-state index contributed by atoms with van der Waals surface area (Å²) in [5, 5.41) is 82.9. The molecule has 5 rings (SSSR count). The summed E-state index contributed by atoms with van der Waals surface area (Å²) in [4.78, 5) is 14.3. The van der Waals surface area contributed by atoms with E-state index >= 15 is 0 Å². The molecule has 3 heterocycles. The molecule has 2 fully saturated rings. The minimum atomic E-state index is -1.77. The molecule has 0 saturated carbocycles. The lowest BCUT2D eigenvalue weighted by Gasteiger charge is -2.39. The van der Waals surface area contributed by atoms with Gasteiger partial charge in [-0.05, 0) is 51.5 Å². The third-order valence-corrected chi connectivity index (χ3v) is 8.37. The molecule has 3 aromatic rings. The van der Waals surface area contributed by atoms with E-state index in [0.717, 1.165) is 11.6 Å². The second-order valence-electron chi connectivity index (χ2n) is 12.0. The van der Waals surface area contributed by atoms with E-state index in [0.29, 0.717) is 11.3 Å². The van der Waals surface area contributed by atoms with Gasteiger partial charge in [0.2, 0.25) is 23.8 Å². The molecule has 0 bridgehead atoms. The Morgan fingerprint density at radius 3 is 2.10 bits per heavy atom. The summed E-state index contributed by atoms with van der Waals surface area (Å²) in [6.07, 6.45) is -13.7. The Kier molecular flexibility index (Phi) is 10.6. The number of hydrogen-bond donors (Lipinski definition) is 8. The molecule has 2 aliphatic heterocycles. The topological polar surface area (TPSA) is 238 Å². The average molecular weight is 677 g/mol. The largest absolute Gasteiger partial charge is 0.507 e. The molecule has 0 spiro atoms. The number of benzene rings is 2. The van der Waals surface area contributed by atoms with Crippen molar-refractivity contribution in [1.82, 2.24) is 0 Å². The number of methoxy groups -OCH3 is 1. The van der Waals surface area contributed by atoms with E-state index in [1.165, 1.54) is 14.0 Å². The van der Waals surface area contributed by atoms with Crippen LogP contribution < -0.4 is 19.6 Å². The second kappa shape index (κ2) is 14.4. The van der Waals surface area contributed by atoms with Gasteiger partial charge in [0.1, 0.15) is 70.9 Å². The molecule has 0 aliphatic carbocycles. The predicted octanol–water partition coefficient (Wildman–Crippen LogP) is 0.0679. The fourth-order valence-corrected chi connectivity index (χ4v) is 5.52. The maximum absolute atomic E-state index is 14.3. The molecule has 0 unspecified atom stereocenters. The molecule has 15 heteroatoms. The van der Waals surface area contributed by atoms with Crippen LogP contribution in [-0.2, 0) is 15.9 Å². The summed E-state index contributed by atoms with van der Waals surface area (Å²) in [5.74, 6) is -0.922. The van der Waals surface area contributed by atoms with Gasteiger partial charge in [-0.15, -0.1) is 0 Å². The first-order valence-corrected chi connectivity index (χ1v) is 15.2. The quantitative estimate of drug-likeness (QED) is 0.140. The van der Waals surface area contributed by atoms with E-state index in [1.54, 1.807) is 30.3 Å². The van der Waals surface area contributed by atoms with Crippen LogP contribution in [0.4, 0.5) is 0 Å². The zero-order chi connectivity index (χ0) is 35.0. The zero-order valence-electron chi connectivity index (χ0n) is 26.6. The molecule has 48 heavy (non-hydrogen) atoms. The van der Waals surface area contributed by atoms with Gasteiger partial charge in [-0.25, -0.2) is 0 Å². The van der Waals surface area contributed by atoms with Gasteiger partial charge < -0.3 is 69.0 Å². The normalized spacial score (nSPS) is 30.6. The van der Waals surface area contributed by atoms with Crippen molar-refractivity contribution in [1.29, 1.82) is 0 Å². The maximum atomic E-state index is 14.3. The number of allylic oxidation sites excluding steroid dienone is 2. The van der Waals surface area contributed by atoms with Crippen LogP contribution in [0, 0.1) is 0 Å². The third kappa shape index (κ3) is 6.74. The number of fused-ring (bicyclic) bond motifs is 1. The second-order valence-corrected chi connectivity index (χ2v) is 12.0. The van der Waals surface area contributed by atoms with E-state index in [-0.39, 0.29) is 34.5 Å². The first-order valence-electron chi connectivity index (χ1n) is 15.2. The minimum absolute atomic E-state index is 0.0725. The molecule has 15 nitrogen and oxygen atoms in total. The first-order chi connectivity index (χ1) is 22.8. The number of rotatable bonds is 9. The molecule has 10 atom stereocenters. The predicted molar refractivity (Wildman–Crippen MR) is 167 cm³/mol. The van der Waals surface area contributed by atoms with Crippen molar-refractivity contribution in [3.05, 3.63) is 57.8 Å². The summed E-state index contributed by atoms with van der Waals surface area (Å²) in [6, 6.07) is 7.41. The van der Waals surface area contributed by atoms with Gasteiger partial charge in [0.05, 0.1) is 19.8 Å². The van der Waals surface area contributed by atoms with Gasteiger partial charge in [0.25, 0.3) is 0 Å². The monoisotopic (exact) mass is 676 g/mol. The number of aromatic hydroxyl groups is 1. The van der Waals surface area contributed by atoms with Crippen LogP contribution >= 0.6 is 0 Å². The molecule has 2 aromatic carbocycles. The van der Waals surface area contributed by atoms with Gasteiger partial charge in [-0.3, -0.25) is 4.79 Å². The van der Waals surface area contributed by atoms with Crippen molar-refractivity contribution in [3.63, 3.8) is 0 Å². The Hall–Kier alpha value is -3.77. The van der Waals surface area contributed by atoms with Crippen LogP contribution in [0.15, 0.2) is 51.2 Å². The number of phenols is 1. The van der Waals surface area contributed by atoms with Gasteiger partial charge in [-0.1, -0.05) is 11.6 Å². The Morgan fingerprint density at radius 2 is 1.50 bits per heavy atom. The highest BCUT2D eigenvalue weighted by Crippen LogP contribution is 2.41. The van der Waals surface area contributed by atoms with Crippen molar-refractivity contribution in [2.24, 2.45) is 0 Å². The van der Waals surface area contributed by atoms with Crippen molar-refractivity contribution in [2.45, 2.75) is 88.6 Å². The van der Waals surface area contributed by atoms with Gasteiger partial charge in [0.15, 0.2) is 5.76 Å². The van der Waals surface area contributed by atoms with Crippen LogP contribution in [0.5, 0.6) is 23.0 Å². The maximum Gasteiger partial charge on any atom is 0.239 e. The van der Waals surface area contributed by atoms with E-state index in [9.17, 15) is 45.6 Å². The summed E-state index contributed by atoms with van der Waals surface area (Å²) in [5.41, 5.74) is 0.341. The Bertz CT molecular complexity index is 1680. The van der Waals surface area contributed by atoms with Crippen LogP contribution in [0.2, 0.25) is 0 Å². The molecular formula is C33H40O15. The molecule has 262 valence electrons. The zero-order valence-corrected chi connectivity index (χ0v) is 26.6. The molecule has 2 aliphatic rings. The number of aliphatic hydroxyl groups is 7. The smallest absolute Gasteiger partial charge is 0.239 e. The number of phenolic OH excluding ortho intramolecular Hbond substituents is 1. The number of hydrogen-bond acceptors (Lipinski definition) is 15. The SMILES string of the molecule is COc1ccc(-c2oc3c(CC=C(C)C)c(O[C@H]4O[C@@H](CO)[C@H](O)[C@@H](O)[C@@H]4O)cc(O)c3c(=O)c2O[C@H]2O[C@H](C)[C@@H](O)[C@H](O)[C@@H]2O)cc1. The minimum Gasteiger partial charge on any atom is -0.507 e. The van der Waals surface area contributed by atoms with E-state index in [4.69, 9.17) is 28.1 Å². The van der Waals surface area contributed by atoms with E-state index in [2.05, 4.69) is 0 Å².